The van der Waals surface area contributed by atoms with Crippen LogP contribution in [-0.2, 0) is 16.0 Å². The van der Waals surface area contributed by atoms with Crippen LogP contribution in [0.4, 0.5) is 0 Å². The molecule has 6 heteroatoms. The van der Waals surface area contributed by atoms with Crippen molar-refractivity contribution < 1.29 is 14.6 Å². The molecule has 0 saturated carbocycles. The summed E-state index contributed by atoms with van der Waals surface area (Å²) in [5.74, 6) is 0.140. The standard InChI is InChI=1S/C18H27ClN2O3/c1-14(2)24-13-17(22)12-20-7-9-21(10-8-20)18(23)11-15-3-5-16(19)6-4-15/h3-6,14,17,22H,7-13H2,1-2H3. The lowest BCUT2D eigenvalue weighted by molar-refractivity contribution is -0.132. The van der Waals surface area contributed by atoms with E-state index in [1.807, 2.05) is 43.0 Å². The number of halogens is 1. The lowest BCUT2D eigenvalue weighted by Gasteiger charge is -2.35. The van der Waals surface area contributed by atoms with Crippen molar-refractivity contribution in [2.75, 3.05) is 39.3 Å². The van der Waals surface area contributed by atoms with Gasteiger partial charge in [0.15, 0.2) is 0 Å². The summed E-state index contributed by atoms with van der Waals surface area (Å²) in [6, 6.07) is 7.40. The number of piperazine rings is 1. The number of aliphatic hydroxyl groups excluding tert-OH is 1. The van der Waals surface area contributed by atoms with Crippen LogP contribution < -0.4 is 0 Å². The number of nitrogens with zero attached hydrogens (tertiary/aromatic N) is 2. The number of rotatable bonds is 7. The number of β-amino-alcohol motifs (C(OH)–C–C–N with tert-alkyl or cyclic N) is 1. The van der Waals surface area contributed by atoms with Crippen molar-refractivity contribution in [3.8, 4) is 0 Å². The first kappa shape index (κ1) is 19.2. The van der Waals surface area contributed by atoms with Gasteiger partial charge in [-0.2, -0.15) is 0 Å². The summed E-state index contributed by atoms with van der Waals surface area (Å²) in [6.07, 6.45) is 0.0490. The third-order valence-corrected chi connectivity index (χ3v) is 4.34. The summed E-state index contributed by atoms with van der Waals surface area (Å²) in [5, 5.41) is 10.7. The van der Waals surface area contributed by atoms with Crippen LogP contribution in [0, 0.1) is 0 Å². The molecule has 0 aromatic heterocycles. The molecule has 5 nitrogen and oxygen atoms in total. The van der Waals surface area contributed by atoms with Gasteiger partial charge >= 0.3 is 0 Å². The van der Waals surface area contributed by atoms with Gasteiger partial charge in [0.2, 0.25) is 5.91 Å². The molecule has 1 aliphatic heterocycles. The second-order valence-electron chi connectivity index (χ2n) is 6.52. The number of hydrogen-bond acceptors (Lipinski definition) is 4. The molecule has 0 aliphatic carbocycles. The predicted molar refractivity (Wildman–Crippen MR) is 95.3 cm³/mol. The first-order chi connectivity index (χ1) is 11.4. The third kappa shape index (κ3) is 6.40. The smallest absolute Gasteiger partial charge is 0.227 e. The fourth-order valence-electron chi connectivity index (χ4n) is 2.72. The molecule has 1 fully saturated rings. The quantitative estimate of drug-likeness (QED) is 0.811. The molecule has 1 aromatic rings. The Morgan fingerprint density at radius 1 is 1.21 bits per heavy atom. The Labute approximate surface area is 149 Å². The molecular weight excluding hydrogens is 328 g/mol. The minimum absolute atomic E-state index is 0.127. The summed E-state index contributed by atoms with van der Waals surface area (Å²) in [6.45, 7) is 7.82. The highest BCUT2D eigenvalue weighted by Crippen LogP contribution is 2.12. The molecule has 0 spiro atoms. The van der Waals surface area contributed by atoms with E-state index in [0.29, 0.717) is 37.7 Å². The molecule has 1 heterocycles. The van der Waals surface area contributed by atoms with Crippen molar-refractivity contribution in [2.24, 2.45) is 0 Å². The van der Waals surface area contributed by atoms with Crippen LogP contribution in [0.15, 0.2) is 24.3 Å². The number of benzene rings is 1. The Balaban J connectivity index is 1.71. The minimum atomic E-state index is -0.483. The van der Waals surface area contributed by atoms with Gasteiger partial charge in [0, 0.05) is 37.7 Å². The third-order valence-electron chi connectivity index (χ3n) is 4.08. The van der Waals surface area contributed by atoms with E-state index in [4.69, 9.17) is 16.3 Å². The lowest BCUT2D eigenvalue weighted by atomic mass is 10.1. The van der Waals surface area contributed by atoms with E-state index >= 15 is 0 Å². The Bertz CT molecular complexity index is 514. The SMILES string of the molecule is CC(C)OCC(O)CN1CCN(C(=O)Cc2ccc(Cl)cc2)CC1. The van der Waals surface area contributed by atoms with Gasteiger partial charge in [-0.15, -0.1) is 0 Å². The maximum absolute atomic E-state index is 12.4. The van der Waals surface area contributed by atoms with Crippen LogP contribution in [0.5, 0.6) is 0 Å². The van der Waals surface area contributed by atoms with Crippen LogP contribution in [0.25, 0.3) is 0 Å². The molecule has 1 unspecified atom stereocenters. The van der Waals surface area contributed by atoms with Gasteiger partial charge in [-0.1, -0.05) is 23.7 Å². The second-order valence-corrected chi connectivity index (χ2v) is 6.96. The number of hydrogen-bond donors (Lipinski definition) is 1. The average Bonchev–Trinajstić information content (AvgIpc) is 2.55. The second kappa shape index (κ2) is 9.37. The van der Waals surface area contributed by atoms with Crippen molar-refractivity contribution in [1.29, 1.82) is 0 Å². The Morgan fingerprint density at radius 3 is 2.42 bits per heavy atom. The fourth-order valence-corrected chi connectivity index (χ4v) is 2.85. The summed E-state index contributed by atoms with van der Waals surface area (Å²) >= 11 is 5.86. The predicted octanol–water partition coefficient (Wildman–Crippen LogP) is 1.81. The first-order valence-corrected chi connectivity index (χ1v) is 8.86. The molecule has 1 saturated heterocycles. The van der Waals surface area contributed by atoms with E-state index in [-0.39, 0.29) is 12.0 Å². The van der Waals surface area contributed by atoms with Gasteiger partial charge < -0.3 is 14.7 Å². The Hall–Kier alpha value is -1.14. The van der Waals surface area contributed by atoms with Gasteiger partial charge in [-0.05, 0) is 31.5 Å². The number of ether oxygens (including phenoxy) is 1. The van der Waals surface area contributed by atoms with Gasteiger partial charge in [0.1, 0.15) is 0 Å². The van der Waals surface area contributed by atoms with Gasteiger partial charge in [0.25, 0.3) is 0 Å². The van der Waals surface area contributed by atoms with E-state index in [1.54, 1.807) is 0 Å². The molecule has 24 heavy (non-hydrogen) atoms. The van der Waals surface area contributed by atoms with Crippen molar-refractivity contribution in [3.05, 3.63) is 34.9 Å². The zero-order chi connectivity index (χ0) is 17.5. The van der Waals surface area contributed by atoms with Crippen molar-refractivity contribution in [1.82, 2.24) is 9.80 Å². The van der Waals surface area contributed by atoms with E-state index in [2.05, 4.69) is 4.90 Å². The molecule has 134 valence electrons. The molecule has 0 bridgehead atoms. The largest absolute Gasteiger partial charge is 0.389 e. The molecule has 1 aliphatic rings. The van der Waals surface area contributed by atoms with Crippen molar-refractivity contribution >= 4 is 17.5 Å². The summed E-state index contributed by atoms with van der Waals surface area (Å²) in [7, 11) is 0. The number of amides is 1. The Morgan fingerprint density at radius 2 is 1.83 bits per heavy atom. The van der Waals surface area contributed by atoms with E-state index in [0.717, 1.165) is 18.7 Å². The van der Waals surface area contributed by atoms with Crippen LogP contribution in [0.2, 0.25) is 5.02 Å². The highest BCUT2D eigenvalue weighted by atomic mass is 35.5. The van der Waals surface area contributed by atoms with Gasteiger partial charge in [-0.3, -0.25) is 9.69 Å². The lowest BCUT2D eigenvalue weighted by Crippen LogP contribution is -2.51. The van der Waals surface area contributed by atoms with Crippen molar-refractivity contribution in [3.63, 3.8) is 0 Å². The van der Waals surface area contributed by atoms with E-state index in [9.17, 15) is 9.90 Å². The Kier molecular flexibility index (Phi) is 7.49. The van der Waals surface area contributed by atoms with Crippen molar-refractivity contribution in [2.45, 2.75) is 32.5 Å². The molecule has 1 aromatic carbocycles. The molecule has 1 amide bonds. The molecule has 2 rings (SSSR count). The molecular formula is C18H27ClN2O3. The number of carbonyl (C=O) groups excluding carboxylic acids is 1. The van der Waals surface area contributed by atoms with Gasteiger partial charge in [-0.25, -0.2) is 0 Å². The molecule has 1 N–H and O–H groups in total. The summed E-state index contributed by atoms with van der Waals surface area (Å²) in [5.41, 5.74) is 0.980. The van der Waals surface area contributed by atoms with E-state index in [1.165, 1.54) is 0 Å². The zero-order valence-electron chi connectivity index (χ0n) is 14.4. The maximum Gasteiger partial charge on any atom is 0.227 e. The molecule has 0 radical (unpaired) electrons. The normalized spacial score (nSPS) is 17.3. The van der Waals surface area contributed by atoms with Crippen LogP contribution in [0.1, 0.15) is 19.4 Å². The number of aliphatic hydroxyl groups is 1. The van der Waals surface area contributed by atoms with Crippen LogP contribution in [0.3, 0.4) is 0 Å². The molecule has 1 atom stereocenters. The van der Waals surface area contributed by atoms with Gasteiger partial charge in [0.05, 0.1) is 25.2 Å². The first-order valence-electron chi connectivity index (χ1n) is 8.48. The fraction of sp³-hybridized carbons (Fsp3) is 0.611. The van der Waals surface area contributed by atoms with E-state index < -0.39 is 6.10 Å². The minimum Gasteiger partial charge on any atom is -0.389 e. The zero-order valence-corrected chi connectivity index (χ0v) is 15.2. The monoisotopic (exact) mass is 354 g/mol. The summed E-state index contributed by atoms with van der Waals surface area (Å²) < 4.78 is 5.43. The topological polar surface area (TPSA) is 53.0 Å². The van der Waals surface area contributed by atoms with Crippen LogP contribution in [-0.4, -0.2) is 72.4 Å². The maximum atomic E-state index is 12.4. The number of carbonyl (C=O) groups is 1. The highest BCUT2D eigenvalue weighted by Gasteiger charge is 2.22. The average molecular weight is 355 g/mol. The summed E-state index contributed by atoms with van der Waals surface area (Å²) in [4.78, 5) is 16.4. The highest BCUT2D eigenvalue weighted by molar-refractivity contribution is 6.30. The van der Waals surface area contributed by atoms with Crippen LogP contribution >= 0.6 is 11.6 Å².